The molecule has 0 saturated heterocycles. The van der Waals surface area contributed by atoms with E-state index in [1.165, 1.54) is 0 Å². The first-order valence-electron chi connectivity index (χ1n) is 6.47. The molecule has 6 heteroatoms. The Morgan fingerprint density at radius 2 is 1.80 bits per heavy atom. The Hall–Kier alpha value is -1.59. The molecule has 112 valence electrons. The Labute approximate surface area is 125 Å². The van der Waals surface area contributed by atoms with Crippen molar-refractivity contribution in [1.29, 1.82) is 0 Å². The second kappa shape index (κ2) is 10.2. The van der Waals surface area contributed by atoms with Crippen molar-refractivity contribution in [3.05, 3.63) is 35.9 Å². The standard InChI is InChI=1S/C14H21N3O2.ClH/c1-2-6-13(18)17-10-14(19)16-9-12(15)11-7-4-3-5-8-11;/h3-5,7-8,12H,2,6,9-10,15H2,1H3,(H,16,19)(H,17,18);1H. The van der Waals surface area contributed by atoms with Gasteiger partial charge in [-0.25, -0.2) is 0 Å². The monoisotopic (exact) mass is 299 g/mol. The van der Waals surface area contributed by atoms with Crippen LogP contribution < -0.4 is 16.4 Å². The van der Waals surface area contributed by atoms with Crippen molar-refractivity contribution in [2.45, 2.75) is 25.8 Å². The van der Waals surface area contributed by atoms with Crippen LogP contribution in [0.25, 0.3) is 0 Å². The summed E-state index contributed by atoms with van der Waals surface area (Å²) in [7, 11) is 0. The summed E-state index contributed by atoms with van der Waals surface area (Å²) < 4.78 is 0. The zero-order chi connectivity index (χ0) is 14.1. The average Bonchev–Trinajstić information content (AvgIpc) is 2.44. The molecule has 0 heterocycles. The highest BCUT2D eigenvalue weighted by atomic mass is 35.5. The number of nitrogens with one attached hydrogen (secondary N) is 2. The minimum atomic E-state index is -0.239. The predicted octanol–water partition coefficient (Wildman–Crippen LogP) is 1.14. The molecule has 0 saturated carbocycles. The molecule has 20 heavy (non-hydrogen) atoms. The summed E-state index contributed by atoms with van der Waals surface area (Å²) >= 11 is 0. The molecule has 0 aromatic heterocycles. The van der Waals surface area contributed by atoms with Crippen LogP contribution in [-0.4, -0.2) is 24.9 Å². The topological polar surface area (TPSA) is 84.2 Å². The molecule has 1 aromatic carbocycles. The number of halogens is 1. The minimum Gasteiger partial charge on any atom is -0.353 e. The Morgan fingerprint density at radius 1 is 1.15 bits per heavy atom. The van der Waals surface area contributed by atoms with E-state index < -0.39 is 0 Å². The van der Waals surface area contributed by atoms with Crippen LogP contribution in [0.4, 0.5) is 0 Å². The first-order chi connectivity index (χ1) is 9.13. The van der Waals surface area contributed by atoms with Crippen molar-refractivity contribution in [3.63, 3.8) is 0 Å². The molecule has 0 fully saturated rings. The number of benzene rings is 1. The molecular weight excluding hydrogens is 278 g/mol. The third-order valence-corrected chi connectivity index (χ3v) is 2.67. The molecule has 5 nitrogen and oxygen atoms in total. The van der Waals surface area contributed by atoms with Crippen molar-refractivity contribution in [3.8, 4) is 0 Å². The lowest BCUT2D eigenvalue weighted by atomic mass is 10.1. The predicted molar refractivity (Wildman–Crippen MR) is 81.5 cm³/mol. The van der Waals surface area contributed by atoms with E-state index in [-0.39, 0.29) is 36.8 Å². The Kier molecular flexibility index (Phi) is 9.41. The van der Waals surface area contributed by atoms with Crippen molar-refractivity contribution in [2.75, 3.05) is 13.1 Å². The van der Waals surface area contributed by atoms with Gasteiger partial charge in [0.2, 0.25) is 11.8 Å². The summed E-state index contributed by atoms with van der Waals surface area (Å²) in [5, 5.41) is 5.25. The molecule has 1 unspecified atom stereocenters. The molecule has 1 atom stereocenters. The number of carbonyl (C=O) groups is 2. The Bertz CT molecular complexity index is 412. The van der Waals surface area contributed by atoms with Gasteiger partial charge in [0.15, 0.2) is 0 Å². The zero-order valence-electron chi connectivity index (χ0n) is 11.6. The smallest absolute Gasteiger partial charge is 0.239 e. The zero-order valence-corrected chi connectivity index (χ0v) is 12.4. The van der Waals surface area contributed by atoms with Crippen LogP contribution in [0.2, 0.25) is 0 Å². The summed E-state index contributed by atoms with van der Waals surface area (Å²) in [4.78, 5) is 22.7. The number of hydrogen-bond acceptors (Lipinski definition) is 3. The van der Waals surface area contributed by atoms with Gasteiger partial charge in [0.05, 0.1) is 6.54 Å². The molecule has 0 aliphatic heterocycles. The number of nitrogens with two attached hydrogens (primary N) is 1. The van der Waals surface area contributed by atoms with E-state index in [1.807, 2.05) is 37.3 Å². The lowest BCUT2D eigenvalue weighted by molar-refractivity contribution is -0.126. The second-order valence-electron chi connectivity index (χ2n) is 4.35. The van der Waals surface area contributed by atoms with Gasteiger partial charge in [0, 0.05) is 19.0 Å². The van der Waals surface area contributed by atoms with Crippen molar-refractivity contribution < 1.29 is 9.59 Å². The molecule has 0 aliphatic carbocycles. The highest BCUT2D eigenvalue weighted by Gasteiger charge is 2.08. The molecule has 0 bridgehead atoms. The summed E-state index contributed by atoms with van der Waals surface area (Å²) in [6, 6.07) is 9.32. The number of carbonyl (C=O) groups excluding carboxylic acids is 2. The first kappa shape index (κ1) is 18.4. The van der Waals surface area contributed by atoms with Gasteiger partial charge >= 0.3 is 0 Å². The molecule has 1 aromatic rings. The van der Waals surface area contributed by atoms with Gasteiger partial charge in [-0.2, -0.15) is 0 Å². The fourth-order valence-electron chi connectivity index (χ4n) is 1.60. The summed E-state index contributed by atoms with van der Waals surface area (Å²) in [6.45, 7) is 2.27. The van der Waals surface area contributed by atoms with Gasteiger partial charge in [-0.3, -0.25) is 9.59 Å². The van der Waals surface area contributed by atoms with Crippen LogP contribution in [0.3, 0.4) is 0 Å². The molecule has 4 N–H and O–H groups in total. The number of amides is 2. The van der Waals surface area contributed by atoms with Gasteiger partial charge < -0.3 is 16.4 Å². The third-order valence-electron chi connectivity index (χ3n) is 2.67. The van der Waals surface area contributed by atoms with Crippen LogP contribution in [0.1, 0.15) is 31.4 Å². The van der Waals surface area contributed by atoms with Crippen LogP contribution >= 0.6 is 12.4 Å². The highest BCUT2D eigenvalue weighted by Crippen LogP contribution is 2.07. The van der Waals surface area contributed by atoms with Crippen molar-refractivity contribution in [1.82, 2.24) is 10.6 Å². The van der Waals surface area contributed by atoms with Crippen LogP contribution in [0.15, 0.2) is 30.3 Å². The summed E-state index contributed by atoms with van der Waals surface area (Å²) in [5.74, 6) is -0.333. The summed E-state index contributed by atoms with van der Waals surface area (Å²) in [5.41, 5.74) is 6.92. The van der Waals surface area contributed by atoms with E-state index in [4.69, 9.17) is 5.73 Å². The van der Waals surface area contributed by atoms with E-state index in [1.54, 1.807) is 0 Å². The first-order valence-corrected chi connectivity index (χ1v) is 6.47. The maximum absolute atomic E-state index is 11.5. The van der Waals surface area contributed by atoms with E-state index >= 15 is 0 Å². The van der Waals surface area contributed by atoms with Crippen LogP contribution in [0, 0.1) is 0 Å². The van der Waals surface area contributed by atoms with E-state index in [0.29, 0.717) is 13.0 Å². The highest BCUT2D eigenvalue weighted by molar-refractivity contribution is 5.85. The Morgan fingerprint density at radius 3 is 2.40 bits per heavy atom. The van der Waals surface area contributed by atoms with Crippen molar-refractivity contribution in [2.24, 2.45) is 5.73 Å². The average molecular weight is 300 g/mol. The van der Waals surface area contributed by atoms with Gasteiger partial charge in [0.1, 0.15) is 0 Å². The maximum Gasteiger partial charge on any atom is 0.239 e. The quantitative estimate of drug-likeness (QED) is 0.706. The largest absolute Gasteiger partial charge is 0.353 e. The van der Waals surface area contributed by atoms with Gasteiger partial charge in [-0.15, -0.1) is 12.4 Å². The van der Waals surface area contributed by atoms with Crippen molar-refractivity contribution >= 4 is 24.2 Å². The molecule has 1 rings (SSSR count). The molecule has 0 radical (unpaired) electrons. The molecule has 0 aliphatic rings. The molecule has 2 amide bonds. The van der Waals surface area contributed by atoms with Gasteiger partial charge in [-0.05, 0) is 12.0 Å². The summed E-state index contributed by atoms with van der Waals surface area (Å²) in [6.07, 6.45) is 1.21. The minimum absolute atomic E-state index is 0. The lowest BCUT2D eigenvalue weighted by Crippen LogP contribution is -2.39. The normalized spacial score (nSPS) is 11.1. The van der Waals surface area contributed by atoms with Gasteiger partial charge in [0.25, 0.3) is 0 Å². The maximum atomic E-state index is 11.5. The van der Waals surface area contributed by atoms with Crippen LogP contribution in [-0.2, 0) is 9.59 Å². The molecule has 0 spiro atoms. The van der Waals surface area contributed by atoms with Crippen LogP contribution in [0.5, 0.6) is 0 Å². The van der Waals surface area contributed by atoms with E-state index in [9.17, 15) is 9.59 Å². The second-order valence-corrected chi connectivity index (χ2v) is 4.35. The lowest BCUT2D eigenvalue weighted by Gasteiger charge is -2.13. The van der Waals surface area contributed by atoms with Gasteiger partial charge in [-0.1, -0.05) is 37.3 Å². The fraction of sp³-hybridized carbons (Fsp3) is 0.429. The SMILES string of the molecule is CCCC(=O)NCC(=O)NCC(N)c1ccccc1.Cl. The number of hydrogen-bond donors (Lipinski definition) is 3. The number of rotatable bonds is 7. The van der Waals surface area contributed by atoms with E-state index in [0.717, 1.165) is 12.0 Å². The fourth-order valence-corrected chi connectivity index (χ4v) is 1.60. The van der Waals surface area contributed by atoms with E-state index in [2.05, 4.69) is 10.6 Å². The molecular formula is C14H22ClN3O2. The third kappa shape index (κ3) is 7.11. The Balaban J connectivity index is 0.00000361.